The summed E-state index contributed by atoms with van der Waals surface area (Å²) >= 11 is 1.64. The molecule has 0 fully saturated rings. The Hall–Kier alpha value is -2.14. The van der Waals surface area contributed by atoms with Crippen molar-refractivity contribution in [1.29, 1.82) is 0 Å². The largest absolute Gasteiger partial charge is 0.501 e. The quantitative estimate of drug-likeness (QED) is 0.592. The Morgan fingerprint density at radius 1 is 1.35 bits per heavy atom. The molecule has 122 valence electrons. The van der Waals surface area contributed by atoms with Crippen LogP contribution in [0.4, 0.5) is 5.69 Å². The first-order valence-electron chi connectivity index (χ1n) is 7.59. The van der Waals surface area contributed by atoms with Crippen LogP contribution in [0.15, 0.2) is 41.8 Å². The topological polar surface area (TPSA) is 47.0 Å². The molecule has 0 saturated heterocycles. The zero-order chi connectivity index (χ0) is 16.8. The van der Waals surface area contributed by atoms with Crippen molar-refractivity contribution in [2.45, 2.75) is 33.7 Å². The number of ether oxygens (including phenoxy) is 1. The van der Waals surface area contributed by atoms with E-state index in [-0.39, 0.29) is 0 Å². The average Bonchev–Trinajstić information content (AvgIpc) is 3.06. The summed E-state index contributed by atoms with van der Waals surface area (Å²) in [5, 5.41) is 6.49. The molecule has 1 N–H and O–H groups in total. The highest BCUT2D eigenvalue weighted by Gasteiger charge is 2.12. The summed E-state index contributed by atoms with van der Waals surface area (Å²) in [6, 6.07) is 2.12. The van der Waals surface area contributed by atoms with Crippen molar-refractivity contribution in [3.63, 3.8) is 0 Å². The number of thiazole rings is 1. The predicted molar refractivity (Wildman–Crippen MR) is 97.5 cm³/mol. The third kappa shape index (κ3) is 4.20. The number of pyridine rings is 1. The van der Waals surface area contributed by atoms with Crippen molar-refractivity contribution in [2.75, 3.05) is 12.4 Å². The minimum absolute atomic E-state index is 0.700. The molecule has 0 aromatic carbocycles. The van der Waals surface area contributed by atoms with Crippen LogP contribution in [0.2, 0.25) is 0 Å². The molecule has 0 radical (unpaired) electrons. The van der Waals surface area contributed by atoms with Crippen LogP contribution in [0.5, 0.6) is 0 Å². The highest BCUT2D eigenvalue weighted by Crippen LogP contribution is 2.28. The Morgan fingerprint density at radius 2 is 2.13 bits per heavy atom. The predicted octanol–water partition coefficient (Wildman–Crippen LogP) is 4.67. The summed E-state index contributed by atoms with van der Waals surface area (Å²) in [6.07, 6.45) is 4.58. The first kappa shape index (κ1) is 17.2. The van der Waals surface area contributed by atoms with Gasteiger partial charge in [0.15, 0.2) is 0 Å². The summed E-state index contributed by atoms with van der Waals surface area (Å²) in [5.74, 6) is 0.842. The van der Waals surface area contributed by atoms with Gasteiger partial charge in [0.1, 0.15) is 10.8 Å². The van der Waals surface area contributed by atoms with Gasteiger partial charge >= 0.3 is 0 Å². The summed E-state index contributed by atoms with van der Waals surface area (Å²) in [6.45, 7) is 10.8. The van der Waals surface area contributed by atoms with Crippen LogP contribution in [-0.2, 0) is 17.7 Å². The van der Waals surface area contributed by atoms with E-state index in [1.165, 1.54) is 0 Å². The van der Waals surface area contributed by atoms with E-state index in [0.29, 0.717) is 6.54 Å². The lowest BCUT2D eigenvalue weighted by Crippen LogP contribution is -2.05. The molecule has 0 unspecified atom stereocenters. The molecule has 0 bridgehead atoms. The minimum Gasteiger partial charge on any atom is -0.501 e. The second-order valence-corrected chi connectivity index (χ2v) is 6.25. The molecule has 0 aliphatic carbocycles. The van der Waals surface area contributed by atoms with Gasteiger partial charge in [0, 0.05) is 28.9 Å². The normalized spacial score (nSPS) is 11.8. The van der Waals surface area contributed by atoms with E-state index < -0.39 is 0 Å². The number of aromatic nitrogens is 2. The molecule has 0 amide bonds. The lowest BCUT2D eigenvalue weighted by atomic mass is 9.99. The Bertz CT molecular complexity index is 705. The molecule has 0 aliphatic rings. The van der Waals surface area contributed by atoms with E-state index in [4.69, 9.17) is 4.74 Å². The lowest BCUT2D eigenvalue weighted by Gasteiger charge is -2.15. The fourth-order valence-corrected chi connectivity index (χ4v) is 2.98. The minimum atomic E-state index is 0.700. The molecule has 2 rings (SSSR count). The van der Waals surface area contributed by atoms with Crippen LogP contribution < -0.4 is 5.32 Å². The monoisotopic (exact) mass is 329 g/mol. The van der Waals surface area contributed by atoms with E-state index in [2.05, 4.69) is 34.9 Å². The second-order valence-electron chi connectivity index (χ2n) is 5.27. The standard InChI is InChI=1S/C18H23N3OS/c1-6-15-16(21-11-17-19-7-8-23-17)9-14(10-20-15)18(12(2)3)13(4)22-5/h7-10,21H,2,6,11H2,1,3-5H3/b18-13+. The van der Waals surface area contributed by atoms with Crippen LogP contribution in [-0.4, -0.2) is 17.1 Å². The molecular formula is C18H23N3OS. The van der Waals surface area contributed by atoms with Crippen molar-refractivity contribution in [2.24, 2.45) is 0 Å². The molecule has 2 heterocycles. The second kappa shape index (κ2) is 7.92. The van der Waals surface area contributed by atoms with Crippen molar-refractivity contribution in [3.05, 3.63) is 58.0 Å². The third-order valence-electron chi connectivity index (χ3n) is 3.59. The van der Waals surface area contributed by atoms with Crippen molar-refractivity contribution >= 4 is 22.6 Å². The number of rotatable bonds is 7. The number of nitrogens with zero attached hydrogens (tertiary/aromatic N) is 2. The van der Waals surface area contributed by atoms with Gasteiger partial charge in [-0.15, -0.1) is 11.3 Å². The molecule has 4 nitrogen and oxygen atoms in total. The molecule has 2 aromatic heterocycles. The number of hydrogen-bond acceptors (Lipinski definition) is 5. The van der Waals surface area contributed by atoms with E-state index in [9.17, 15) is 0 Å². The van der Waals surface area contributed by atoms with E-state index in [0.717, 1.165) is 45.3 Å². The van der Waals surface area contributed by atoms with E-state index in [1.54, 1.807) is 18.4 Å². The SMILES string of the molecule is C=C(C)/C(=C(/C)OC)c1cnc(CC)c(NCc2nccs2)c1. The summed E-state index contributed by atoms with van der Waals surface area (Å²) in [4.78, 5) is 8.91. The Kier molecular flexibility index (Phi) is 5.93. The number of nitrogens with one attached hydrogen (secondary N) is 1. The smallest absolute Gasteiger partial charge is 0.112 e. The van der Waals surface area contributed by atoms with Gasteiger partial charge < -0.3 is 10.1 Å². The maximum absolute atomic E-state index is 5.41. The fraction of sp³-hybridized carbons (Fsp3) is 0.333. The third-order valence-corrected chi connectivity index (χ3v) is 4.37. The zero-order valence-corrected chi connectivity index (χ0v) is 15.0. The molecule has 0 aliphatic heterocycles. The maximum atomic E-state index is 5.41. The van der Waals surface area contributed by atoms with Gasteiger partial charge in [0.05, 0.1) is 25.0 Å². The first-order chi connectivity index (χ1) is 11.1. The Balaban J connectivity index is 2.36. The highest BCUT2D eigenvalue weighted by atomic mass is 32.1. The number of methoxy groups -OCH3 is 1. The molecule has 2 aromatic rings. The van der Waals surface area contributed by atoms with Gasteiger partial charge in [-0.25, -0.2) is 4.98 Å². The molecule has 0 spiro atoms. The molecule has 5 heteroatoms. The van der Waals surface area contributed by atoms with Crippen LogP contribution in [0.3, 0.4) is 0 Å². The zero-order valence-electron chi connectivity index (χ0n) is 14.1. The van der Waals surface area contributed by atoms with Crippen molar-refractivity contribution < 1.29 is 4.74 Å². The number of hydrogen-bond donors (Lipinski definition) is 1. The van der Waals surface area contributed by atoms with Gasteiger partial charge in [0.25, 0.3) is 0 Å². The summed E-state index contributed by atoms with van der Waals surface area (Å²) in [7, 11) is 1.67. The van der Waals surface area contributed by atoms with Gasteiger partial charge in [-0.3, -0.25) is 4.98 Å². The molecule has 23 heavy (non-hydrogen) atoms. The number of aryl methyl sites for hydroxylation is 1. The van der Waals surface area contributed by atoms with Crippen molar-refractivity contribution in [3.8, 4) is 0 Å². The average molecular weight is 329 g/mol. The van der Waals surface area contributed by atoms with Gasteiger partial charge in [-0.2, -0.15) is 0 Å². The Morgan fingerprint density at radius 3 is 2.70 bits per heavy atom. The van der Waals surface area contributed by atoms with E-state index in [1.807, 2.05) is 31.6 Å². The van der Waals surface area contributed by atoms with Gasteiger partial charge in [-0.1, -0.05) is 13.5 Å². The number of allylic oxidation sites excluding steroid dienone is 3. The molecule has 0 saturated carbocycles. The van der Waals surface area contributed by atoms with Crippen molar-refractivity contribution in [1.82, 2.24) is 9.97 Å². The van der Waals surface area contributed by atoms with Gasteiger partial charge in [0.2, 0.25) is 0 Å². The first-order valence-corrected chi connectivity index (χ1v) is 8.47. The van der Waals surface area contributed by atoms with Crippen LogP contribution >= 0.6 is 11.3 Å². The highest BCUT2D eigenvalue weighted by molar-refractivity contribution is 7.09. The molecular weight excluding hydrogens is 306 g/mol. The fourth-order valence-electron chi connectivity index (χ4n) is 2.43. The van der Waals surface area contributed by atoms with Crippen LogP contribution in [0, 0.1) is 0 Å². The van der Waals surface area contributed by atoms with E-state index >= 15 is 0 Å². The number of anilines is 1. The molecule has 0 atom stereocenters. The van der Waals surface area contributed by atoms with Crippen LogP contribution in [0.25, 0.3) is 5.57 Å². The maximum Gasteiger partial charge on any atom is 0.112 e. The summed E-state index contributed by atoms with van der Waals surface area (Å²) < 4.78 is 5.41. The lowest BCUT2D eigenvalue weighted by molar-refractivity contribution is 0.296. The Labute approximate surface area is 142 Å². The summed E-state index contributed by atoms with van der Waals surface area (Å²) in [5.41, 5.74) is 5.04. The van der Waals surface area contributed by atoms with Crippen LogP contribution in [0.1, 0.15) is 37.0 Å². The van der Waals surface area contributed by atoms with Gasteiger partial charge in [-0.05, 0) is 31.9 Å².